The third kappa shape index (κ3) is 3.01. The van der Waals surface area contributed by atoms with Gasteiger partial charge < -0.3 is 9.15 Å². The largest absolute Gasteiger partial charge is 0.422 e. The Morgan fingerprint density at radius 3 is 2.71 bits per heavy atom. The number of hydrogen-bond acceptors (Lipinski definition) is 4. The molecule has 1 fully saturated rings. The molecule has 0 aromatic heterocycles. The normalized spacial score (nSPS) is 16.7. The molecule has 0 amide bonds. The van der Waals surface area contributed by atoms with Crippen molar-refractivity contribution >= 4 is 0 Å². The lowest BCUT2D eigenvalue weighted by atomic mass is 10.0. The second kappa shape index (κ2) is 6.00. The van der Waals surface area contributed by atoms with Crippen molar-refractivity contribution in [3.63, 3.8) is 0 Å². The first-order valence-electron chi connectivity index (χ1n) is 7.51. The number of morpholine rings is 1. The fourth-order valence-corrected chi connectivity index (χ4v) is 2.71. The van der Waals surface area contributed by atoms with Gasteiger partial charge in [-0.1, -0.05) is 26.0 Å². The molecule has 112 valence electrons. The van der Waals surface area contributed by atoms with Crippen LogP contribution >= 0.6 is 0 Å². The Hall–Kier alpha value is -1.65. The number of furan rings is 1. The Bertz CT molecular complexity index is 641. The Balaban J connectivity index is 1.99. The van der Waals surface area contributed by atoms with Gasteiger partial charge in [0.25, 0.3) is 0 Å². The Labute approximate surface area is 124 Å². The number of ether oxygens (including phenoxy) is 1. The minimum Gasteiger partial charge on any atom is -0.422 e. The summed E-state index contributed by atoms with van der Waals surface area (Å²) >= 11 is 0. The van der Waals surface area contributed by atoms with E-state index in [9.17, 15) is 4.79 Å². The highest BCUT2D eigenvalue weighted by molar-refractivity contribution is 5.64. The quantitative estimate of drug-likeness (QED) is 0.870. The monoisotopic (exact) mass is 287 g/mol. The van der Waals surface area contributed by atoms with Crippen molar-refractivity contribution in [1.82, 2.24) is 4.90 Å². The zero-order chi connectivity index (χ0) is 14.8. The minimum atomic E-state index is -0.211. The molecule has 0 bridgehead atoms. The standard InChI is InChI=1S/C17H21NO3/c1-12(2)13-4-3-5-16-14(10-13)15(17(19)21-16)11-18-6-8-20-9-7-18/h3-5,10,12H,6-9,11H2,1-2H3. The van der Waals surface area contributed by atoms with E-state index in [1.54, 1.807) is 0 Å². The lowest BCUT2D eigenvalue weighted by Crippen LogP contribution is -2.36. The Morgan fingerprint density at radius 2 is 2.00 bits per heavy atom. The average molecular weight is 287 g/mol. The van der Waals surface area contributed by atoms with Crippen molar-refractivity contribution in [3.8, 4) is 11.3 Å². The van der Waals surface area contributed by atoms with Crippen molar-refractivity contribution in [2.45, 2.75) is 26.3 Å². The molecule has 1 aliphatic carbocycles. The van der Waals surface area contributed by atoms with Crippen LogP contribution in [-0.2, 0) is 11.3 Å². The van der Waals surface area contributed by atoms with Crippen molar-refractivity contribution in [2.24, 2.45) is 0 Å². The van der Waals surface area contributed by atoms with E-state index in [0.29, 0.717) is 18.2 Å². The molecule has 2 heterocycles. The predicted molar refractivity (Wildman–Crippen MR) is 81.8 cm³/mol. The number of hydrogen-bond donors (Lipinski definition) is 0. The number of rotatable bonds is 3. The molecular weight excluding hydrogens is 266 g/mol. The summed E-state index contributed by atoms with van der Waals surface area (Å²) in [6.45, 7) is 8.13. The summed E-state index contributed by atoms with van der Waals surface area (Å²) in [5.74, 6) is 1.09. The van der Waals surface area contributed by atoms with Crippen LogP contribution < -0.4 is 5.63 Å². The third-order valence-corrected chi connectivity index (χ3v) is 4.04. The first kappa shape index (κ1) is 14.3. The summed E-state index contributed by atoms with van der Waals surface area (Å²) in [4.78, 5) is 14.4. The molecule has 0 aromatic rings. The molecule has 21 heavy (non-hydrogen) atoms. The van der Waals surface area contributed by atoms with E-state index in [-0.39, 0.29) is 5.63 Å². The molecule has 0 N–H and O–H groups in total. The zero-order valence-electron chi connectivity index (χ0n) is 12.6. The zero-order valence-corrected chi connectivity index (χ0v) is 12.6. The van der Waals surface area contributed by atoms with Gasteiger partial charge in [-0.2, -0.15) is 0 Å². The lowest BCUT2D eigenvalue weighted by Gasteiger charge is -2.25. The van der Waals surface area contributed by atoms with Crippen molar-refractivity contribution in [3.05, 3.63) is 45.8 Å². The van der Waals surface area contributed by atoms with Crippen molar-refractivity contribution in [1.29, 1.82) is 0 Å². The van der Waals surface area contributed by atoms with Crippen LogP contribution in [0.25, 0.3) is 11.3 Å². The third-order valence-electron chi connectivity index (χ3n) is 4.04. The van der Waals surface area contributed by atoms with Crippen LogP contribution in [0.2, 0.25) is 0 Å². The van der Waals surface area contributed by atoms with Gasteiger partial charge >= 0.3 is 5.63 Å². The SMILES string of the molecule is CC(C)c1cccc2oc(=O)c(CN3CCOCC3)c-2c1. The summed E-state index contributed by atoms with van der Waals surface area (Å²) in [6.07, 6.45) is 0. The highest BCUT2D eigenvalue weighted by Gasteiger charge is 2.21. The summed E-state index contributed by atoms with van der Waals surface area (Å²) < 4.78 is 10.8. The highest BCUT2D eigenvalue weighted by Crippen LogP contribution is 2.28. The van der Waals surface area contributed by atoms with Gasteiger partial charge in [-0.05, 0) is 23.6 Å². The topological polar surface area (TPSA) is 42.7 Å². The van der Waals surface area contributed by atoms with Gasteiger partial charge in [0.2, 0.25) is 0 Å². The van der Waals surface area contributed by atoms with E-state index >= 15 is 0 Å². The smallest absolute Gasteiger partial charge is 0.341 e. The fourth-order valence-electron chi connectivity index (χ4n) is 2.71. The van der Waals surface area contributed by atoms with E-state index < -0.39 is 0 Å². The van der Waals surface area contributed by atoms with Gasteiger partial charge in [0.1, 0.15) is 5.76 Å². The van der Waals surface area contributed by atoms with E-state index in [1.807, 2.05) is 12.1 Å². The van der Waals surface area contributed by atoms with Gasteiger partial charge in [-0.15, -0.1) is 0 Å². The Kier molecular flexibility index (Phi) is 4.08. The van der Waals surface area contributed by atoms with Crippen LogP contribution in [0.4, 0.5) is 0 Å². The molecule has 0 unspecified atom stereocenters. The molecule has 0 spiro atoms. The van der Waals surface area contributed by atoms with Gasteiger partial charge in [0.05, 0.1) is 18.8 Å². The van der Waals surface area contributed by atoms with E-state index in [4.69, 9.17) is 9.15 Å². The van der Waals surface area contributed by atoms with Crippen LogP contribution in [0.15, 0.2) is 33.5 Å². The second-order valence-corrected chi connectivity index (χ2v) is 5.86. The maximum Gasteiger partial charge on any atom is 0.341 e. The van der Waals surface area contributed by atoms with Crippen molar-refractivity contribution < 1.29 is 9.15 Å². The van der Waals surface area contributed by atoms with Crippen LogP contribution in [0.3, 0.4) is 0 Å². The summed E-state index contributed by atoms with van der Waals surface area (Å²) in [6, 6.07) is 8.02. The van der Waals surface area contributed by atoms with Gasteiger partial charge in [0.15, 0.2) is 0 Å². The second-order valence-electron chi connectivity index (χ2n) is 5.86. The molecule has 4 nitrogen and oxygen atoms in total. The molecule has 3 rings (SSSR count). The van der Waals surface area contributed by atoms with Gasteiger partial charge in [-0.25, -0.2) is 4.79 Å². The molecule has 4 heteroatoms. The summed E-state index contributed by atoms with van der Waals surface area (Å²) in [5.41, 5.74) is 2.72. The fraction of sp³-hybridized carbons (Fsp3) is 0.471. The first-order chi connectivity index (χ1) is 10.1. The molecule has 2 aliphatic heterocycles. The van der Waals surface area contributed by atoms with Crippen molar-refractivity contribution in [2.75, 3.05) is 26.3 Å². The van der Waals surface area contributed by atoms with Crippen LogP contribution in [0.1, 0.15) is 30.9 Å². The molecule has 1 saturated heterocycles. The first-order valence-corrected chi connectivity index (χ1v) is 7.51. The predicted octanol–water partition coefficient (Wildman–Crippen LogP) is 2.70. The van der Waals surface area contributed by atoms with Gasteiger partial charge in [0, 0.05) is 25.2 Å². The summed E-state index contributed by atoms with van der Waals surface area (Å²) in [7, 11) is 0. The maximum absolute atomic E-state index is 12.2. The van der Waals surface area contributed by atoms with Crippen LogP contribution in [0.5, 0.6) is 0 Å². The van der Waals surface area contributed by atoms with E-state index in [0.717, 1.165) is 37.4 Å². The Morgan fingerprint density at radius 1 is 1.24 bits per heavy atom. The molecule has 0 saturated carbocycles. The van der Waals surface area contributed by atoms with Crippen LogP contribution in [0, 0.1) is 0 Å². The molecule has 3 aliphatic rings. The maximum atomic E-state index is 12.2. The minimum absolute atomic E-state index is 0.211. The van der Waals surface area contributed by atoms with Gasteiger partial charge in [-0.3, -0.25) is 4.90 Å². The summed E-state index contributed by atoms with van der Waals surface area (Å²) in [5, 5.41) is 0. The van der Waals surface area contributed by atoms with E-state index in [2.05, 4.69) is 30.9 Å². The number of nitrogens with zero attached hydrogens (tertiary/aromatic N) is 1. The molecule has 0 atom stereocenters. The highest BCUT2D eigenvalue weighted by atomic mass is 16.5. The molecule has 0 radical (unpaired) electrons. The molecule has 0 aromatic carbocycles. The van der Waals surface area contributed by atoms with E-state index in [1.165, 1.54) is 5.56 Å². The lowest BCUT2D eigenvalue weighted by molar-refractivity contribution is 0.0340. The van der Waals surface area contributed by atoms with Crippen LogP contribution in [-0.4, -0.2) is 31.2 Å². The molecular formula is C17H21NO3. The number of fused-ring (bicyclic) bond motifs is 1. The average Bonchev–Trinajstić information content (AvgIpc) is 2.65.